The molecular formula is C74H60N2. The Bertz CT molecular complexity index is 3870. The third kappa shape index (κ3) is 8.22. The van der Waals surface area contributed by atoms with Gasteiger partial charge in [0, 0.05) is 45.0 Å². The van der Waals surface area contributed by atoms with Crippen LogP contribution in [0.25, 0.3) is 68.1 Å². The van der Waals surface area contributed by atoms with E-state index in [-0.39, 0.29) is 10.8 Å². The summed E-state index contributed by atoms with van der Waals surface area (Å²) in [6.45, 7) is 13.8. The van der Waals surface area contributed by atoms with E-state index in [2.05, 4.69) is 306 Å². The molecule has 0 spiro atoms. The predicted molar refractivity (Wildman–Crippen MR) is 326 cm³/mol. The summed E-state index contributed by atoms with van der Waals surface area (Å²) in [5.41, 5.74) is 24.6. The van der Waals surface area contributed by atoms with Crippen molar-refractivity contribution in [2.75, 3.05) is 9.80 Å². The maximum Gasteiger partial charge on any atom is 0.0465 e. The van der Waals surface area contributed by atoms with Crippen molar-refractivity contribution in [3.63, 3.8) is 0 Å². The third-order valence-electron chi connectivity index (χ3n) is 16.3. The molecule has 2 nitrogen and oxygen atoms in total. The van der Waals surface area contributed by atoms with Crippen LogP contribution < -0.4 is 9.80 Å². The van der Waals surface area contributed by atoms with Gasteiger partial charge in [0.15, 0.2) is 0 Å². The number of hydrogen-bond donors (Lipinski definition) is 0. The topological polar surface area (TPSA) is 6.48 Å². The van der Waals surface area contributed by atoms with E-state index in [1.165, 1.54) is 111 Å². The molecular weight excluding hydrogens is 917 g/mol. The van der Waals surface area contributed by atoms with Crippen LogP contribution in [-0.2, 0) is 10.8 Å². The molecule has 11 aromatic carbocycles. The Kier molecular flexibility index (Phi) is 11.4. The monoisotopic (exact) mass is 976 g/mol. The lowest BCUT2D eigenvalue weighted by Gasteiger charge is -2.28. The van der Waals surface area contributed by atoms with E-state index in [1.54, 1.807) is 0 Å². The number of rotatable bonds is 10. The van der Waals surface area contributed by atoms with Crippen LogP contribution in [0.4, 0.5) is 34.1 Å². The van der Waals surface area contributed by atoms with Crippen LogP contribution in [-0.4, -0.2) is 0 Å². The Morgan fingerprint density at radius 3 is 1.00 bits per heavy atom. The first-order valence-corrected chi connectivity index (χ1v) is 26.7. The van der Waals surface area contributed by atoms with E-state index < -0.39 is 0 Å². The molecule has 0 atom stereocenters. The molecule has 2 aliphatic rings. The van der Waals surface area contributed by atoms with Gasteiger partial charge in [-0.2, -0.15) is 0 Å². The molecule has 2 heteroatoms. The van der Waals surface area contributed by atoms with Crippen molar-refractivity contribution in [1.82, 2.24) is 0 Å². The van der Waals surface area contributed by atoms with Crippen LogP contribution >= 0.6 is 0 Å². The van der Waals surface area contributed by atoms with E-state index in [0.29, 0.717) is 0 Å². The lowest BCUT2D eigenvalue weighted by molar-refractivity contribution is 0.660. The average molecular weight is 977 g/mol. The highest BCUT2D eigenvalue weighted by Crippen LogP contribution is 2.53. The maximum atomic E-state index is 2.41. The number of nitrogens with zero attached hydrogens (tertiary/aromatic N) is 2. The van der Waals surface area contributed by atoms with Gasteiger partial charge in [0.05, 0.1) is 0 Å². The summed E-state index contributed by atoms with van der Waals surface area (Å²) in [7, 11) is 0. The van der Waals surface area contributed by atoms with E-state index in [0.717, 1.165) is 22.7 Å². The van der Waals surface area contributed by atoms with Gasteiger partial charge in [-0.3, -0.25) is 0 Å². The minimum atomic E-state index is -0.161. The highest BCUT2D eigenvalue weighted by Gasteiger charge is 2.37. The van der Waals surface area contributed by atoms with Crippen LogP contribution in [0.2, 0.25) is 0 Å². The second-order valence-corrected chi connectivity index (χ2v) is 22.0. The molecule has 2 aliphatic carbocycles. The first-order chi connectivity index (χ1) is 37.0. The van der Waals surface area contributed by atoms with Crippen molar-refractivity contribution >= 4 is 80.0 Å². The Morgan fingerprint density at radius 2 is 0.605 bits per heavy atom. The number of fused-ring (bicyclic) bond motifs is 9. The summed E-state index contributed by atoms with van der Waals surface area (Å²) in [6.07, 6.45) is 9.05. The Balaban J connectivity index is 0.725. The molecule has 13 rings (SSSR count). The van der Waals surface area contributed by atoms with Gasteiger partial charge in [-0.1, -0.05) is 198 Å². The van der Waals surface area contributed by atoms with Crippen molar-refractivity contribution in [2.24, 2.45) is 0 Å². The van der Waals surface area contributed by atoms with Crippen molar-refractivity contribution in [2.45, 2.75) is 52.4 Å². The molecule has 0 bridgehead atoms. The summed E-state index contributed by atoms with van der Waals surface area (Å²) in [6, 6.07) is 85.2. The molecule has 0 N–H and O–H groups in total. The zero-order chi connectivity index (χ0) is 51.7. The molecule has 366 valence electrons. The Labute approximate surface area is 448 Å². The minimum Gasteiger partial charge on any atom is -0.310 e. The van der Waals surface area contributed by atoms with Gasteiger partial charge in [0.1, 0.15) is 0 Å². The van der Waals surface area contributed by atoms with Crippen molar-refractivity contribution in [3.8, 4) is 22.3 Å². The third-order valence-corrected chi connectivity index (χ3v) is 16.3. The molecule has 11 aromatic rings. The van der Waals surface area contributed by atoms with Crippen LogP contribution in [0.15, 0.2) is 231 Å². The summed E-state index contributed by atoms with van der Waals surface area (Å²) in [5.74, 6) is 0. The molecule has 0 saturated heterocycles. The quantitative estimate of drug-likeness (QED) is 0.0995. The lowest BCUT2D eigenvalue weighted by Crippen LogP contribution is -2.16. The SMILES string of the molecule is Cc1cccc(N(c2ccccc2)c2ccc3c(c2)C(C)(C)c2cc(/C=C/c4ccc5c(ccc6cc(/C=C/c7ccc8c(c7)C(C)(C)c7cc(N(c9ccccc9)c9cccc(C)c9)ccc7-8)ccc65)c4)ccc2-3)c1. The first kappa shape index (κ1) is 46.8. The van der Waals surface area contributed by atoms with Crippen LogP contribution in [0.1, 0.15) is 83.3 Å². The highest BCUT2D eigenvalue weighted by atomic mass is 15.1. The highest BCUT2D eigenvalue weighted by molar-refractivity contribution is 6.08. The van der Waals surface area contributed by atoms with Crippen molar-refractivity contribution < 1.29 is 0 Å². The number of benzene rings is 11. The van der Waals surface area contributed by atoms with E-state index in [4.69, 9.17) is 0 Å². The smallest absolute Gasteiger partial charge is 0.0465 e. The predicted octanol–water partition coefficient (Wildman–Crippen LogP) is 20.5. The standard InChI is InChI=1S/C74H60N2/c1-49-15-13-21-59(41-49)75(57-17-9-7-10-18-57)61-33-39-67-65-37-29-53(45-69(65)73(3,4)71(67)47-61)25-23-51-27-35-63-55(43-51)31-32-56-44-52(28-36-64(56)63)24-26-54-30-38-66-68-40-34-62(48-72(68)74(5,6)70(66)46-54)76(58-19-11-8-12-20-58)60-22-14-16-50(2)42-60/h7-48H,1-6H3/b25-23+,26-24+. The average Bonchev–Trinajstić information content (AvgIpc) is 3.97. The second-order valence-electron chi connectivity index (χ2n) is 22.0. The molecule has 0 saturated carbocycles. The normalized spacial score (nSPS) is 13.8. The lowest BCUT2D eigenvalue weighted by atomic mass is 9.81. The van der Waals surface area contributed by atoms with Gasteiger partial charge in [-0.05, 0) is 198 Å². The molecule has 0 amide bonds. The zero-order valence-corrected chi connectivity index (χ0v) is 44.1. The molecule has 0 aliphatic heterocycles. The summed E-state index contributed by atoms with van der Waals surface area (Å²) in [4.78, 5) is 4.75. The van der Waals surface area contributed by atoms with Gasteiger partial charge in [-0.25, -0.2) is 0 Å². The van der Waals surface area contributed by atoms with E-state index >= 15 is 0 Å². The molecule has 0 heterocycles. The van der Waals surface area contributed by atoms with Crippen LogP contribution in [0.5, 0.6) is 0 Å². The molecule has 0 fully saturated rings. The fourth-order valence-corrected chi connectivity index (χ4v) is 12.3. The number of hydrogen-bond acceptors (Lipinski definition) is 2. The Hall–Kier alpha value is -8.98. The summed E-state index contributed by atoms with van der Waals surface area (Å²) >= 11 is 0. The fraction of sp³-hybridized carbons (Fsp3) is 0.108. The van der Waals surface area contributed by atoms with E-state index in [9.17, 15) is 0 Å². The number of aryl methyl sites for hydroxylation is 2. The number of anilines is 6. The van der Waals surface area contributed by atoms with Gasteiger partial charge < -0.3 is 9.80 Å². The van der Waals surface area contributed by atoms with Crippen LogP contribution in [0, 0.1) is 13.8 Å². The van der Waals surface area contributed by atoms with Gasteiger partial charge in [0.25, 0.3) is 0 Å². The molecule has 0 unspecified atom stereocenters. The fourth-order valence-electron chi connectivity index (χ4n) is 12.3. The zero-order valence-electron chi connectivity index (χ0n) is 44.1. The minimum absolute atomic E-state index is 0.161. The Morgan fingerprint density at radius 1 is 0.276 bits per heavy atom. The molecule has 0 aromatic heterocycles. The van der Waals surface area contributed by atoms with Crippen molar-refractivity contribution in [1.29, 1.82) is 0 Å². The summed E-state index contributed by atoms with van der Waals surface area (Å²) < 4.78 is 0. The van der Waals surface area contributed by atoms with E-state index in [1.807, 2.05) is 0 Å². The van der Waals surface area contributed by atoms with Gasteiger partial charge in [0.2, 0.25) is 0 Å². The van der Waals surface area contributed by atoms with Crippen LogP contribution in [0.3, 0.4) is 0 Å². The number of para-hydroxylation sites is 2. The largest absolute Gasteiger partial charge is 0.310 e. The maximum absolute atomic E-state index is 2.41. The first-order valence-electron chi connectivity index (χ1n) is 26.7. The molecule has 0 radical (unpaired) electrons. The van der Waals surface area contributed by atoms with Gasteiger partial charge in [-0.15, -0.1) is 0 Å². The van der Waals surface area contributed by atoms with Crippen molar-refractivity contribution in [3.05, 3.63) is 286 Å². The second kappa shape index (κ2) is 18.4. The summed E-state index contributed by atoms with van der Waals surface area (Å²) in [5, 5.41) is 5.02. The van der Waals surface area contributed by atoms with Gasteiger partial charge >= 0.3 is 0 Å². The molecule has 76 heavy (non-hydrogen) atoms.